The molecule has 0 saturated carbocycles. The van der Waals surface area contributed by atoms with E-state index in [-0.39, 0.29) is 5.82 Å². The zero-order valence-corrected chi connectivity index (χ0v) is 22.5. The molecule has 38 heavy (non-hydrogen) atoms. The molecule has 1 atom stereocenters. The second-order valence-electron chi connectivity index (χ2n) is 10.4. The summed E-state index contributed by atoms with van der Waals surface area (Å²) in [7, 11) is 2.20. The summed E-state index contributed by atoms with van der Waals surface area (Å²) in [5.41, 5.74) is 5.32. The molecule has 2 nitrogen and oxygen atoms in total. The van der Waals surface area contributed by atoms with Crippen molar-refractivity contribution in [3.8, 4) is 0 Å². The summed E-state index contributed by atoms with van der Waals surface area (Å²) >= 11 is 0. The number of halogens is 1. The van der Waals surface area contributed by atoms with Gasteiger partial charge in [-0.25, -0.2) is 4.39 Å². The van der Waals surface area contributed by atoms with Gasteiger partial charge in [-0.05, 0) is 95.7 Å². The second kappa shape index (κ2) is 12.3. The zero-order valence-electron chi connectivity index (χ0n) is 22.5. The van der Waals surface area contributed by atoms with Crippen LogP contribution in [0.5, 0.6) is 0 Å². The third-order valence-electron chi connectivity index (χ3n) is 7.78. The Morgan fingerprint density at radius 1 is 0.711 bits per heavy atom. The molecule has 3 heteroatoms. The Hall–Kier alpha value is -3.53. The Balaban J connectivity index is 1.22. The van der Waals surface area contributed by atoms with Gasteiger partial charge in [0.25, 0.3) is 0 Å². The fourth-order valence-corrected chi connectivity index (χ4v) is 5.41. The van der Waals surface area contributed by atoms with Crippen LogP contribution < -0.4 is 5.32 Å². The lowest BCUT2D eigenvalue weighted by Crippen LogP contribution is -2.32. The SMILES string of the molecule is CC(Cc1cccc2c(CCNCc3ccccc3)cccc12)N(C)CCc1cccc2ccc(F)cc12. The van der Waals surface area contributed by atoms with E-state index in [0.717, 1.165) is 49.7 Å². The minimum absolute atomic E-state index is 0.172. The van der Waals surface area contributed by atoms with E-state index in [1.54, 1.807) is 6.07 Å². The Bertz CT molecular complexity index is 1490. The average Bonchev–Trinajstić information content (AvgIpc) is 2.95. The molecule has 194 valence electrons. The monoisotopic (exact) mass is 504 g/mol. The molecular weight excluding hydrogens is 467 g/mol. The van der Waals surface area contributed by atoms with E-state index < -0.39 is 0 Å². The average molecular weight is 505 g/mol. The van der Waals surface area contributed by atoms with Crippen LogP contribution in [0.4, 0.5) is 4.39 Å². The Morgan fingerprint density at radius 3 is 2.18 bits per heavy atom. The van der Waals surface area contributed by atoms with Crippen LogP contribution in [0.1, 0.15) is 29.2 Å². The molecule has 5 aromatic rings. The van der Waals surface area contributed by atoms with Crippen molar-refractivity contribution in [2.75, 3.05) is 20.1 Å². The number of benzene rings is 5. The topological polar surface area (TPSA) is 15.3 Å². The molecule has 0 saturated heterocycles. The number of nitrogens with zero attached hydrogens (tertiary/aromatic N) is 1. The first-order valence-electron chi connectivity index (χ1n) is 13.7. The van der Waals surface area contributed by atoms with Crippen LogP contribution in [0.15, 0.2) is 103 Å². The largest absolute Gasteiger partial charge is 0.312 e. The first-order chi connectivity index (χ1) is 18.6. The lowest BCUT2D eigenvalue weighted by atomic mass is 9.95. The predicted octanol–water partition coefficient (Wildman–Crippen LogP) is 7.57. The summed E-state index contributed by atoms with van der Waals surface area (Å²) in [6, 6.07) is 35.8. The molecule has 0 heterocycles. The Morgan fingerprint density at radius 2 is 1.39 bits per heavy atom. The van der Waals surface area contributed by atoms with Crippen molar-refractivity contribution >= 4 is 21.5 Å². The van der Waals surface area contributed by atoms with Crippen LogP contribution in [-0.4, -0.2) is 31.1 Å². The molecule has 0 aliphatic rings. The van der Waals surface area contributed by atoms with E-state index in [2.05, 4.69) is 109 Å². The van der Waals surface area contributed by atoms with Crippen molar-refractivity contribution < 1.29 is 4.39 Å². The highest BCUT2D eigenvalue weighted by atomic mass is 19.1. The first kappa shape index (κ1) is 26.1. The van der Waals surface area contributed by atoms with Gasteiger partial charge in [-0.3, -0.25) is 0 Å². The van der Waals surface area contributed by atoms with Gasteiger partial charge >= 0.3 is 0 Å². The van der Waals surface area contributed by atoms with Crippen molar-refractivity contribution in [1.29, 1.82) is 0 Å². The molecule has 0 bridgehead atoms. The number of likely N-dealkylation sites (N-methyl/N-ethyl adjacent to an activating group) is 1. The fourth-order valence-electron chi connectivity index (χ4n) is 5.41. The van der Waals surface area contributed by atoms with Crippen LogP contribution in [0.2, 0.25) is 0 Å². The van der Waals surface area contributed by atoms with Gasteiger partial charge in [-0.2, -0.15) is 0 Å². The van der Waals surface area contributed by atoms with Gasteiger partial charge in [0.05, 0.1) is 0 Å². The van der Waals surface area contributed by atoms with Crippen molar-refractivity contribution in [3.63, 3.8) is 0 Å². The molecule has 0 fully saturated rings. The van der Waals surface area contributed by atoms with Crippen LogP contribution in [0.3, 0.4) is 0 Å². The second-order valence-corrected chi connectivity index (χ2v) is 10.4. The summed E-state index contributed by atoms with van der Waals surface area (Å²) in [4.78, 5) is 2.42. The van der Waals surface area contributed by atoms with Gasteiger partial charge in [-0.1, -0.05) is 91.0 Å². The van der Waals surface area contributed by atoms with Crippen molar-refractivity contribution in [2.45, 2.75) is 38.8 Å². The summed E-state index contributed by atoms with van der Waals surface area (Å²) in [5.74, 6) is -0.172. The highest BCUT2D eigenvalue weighted by molar-refractivity contribution is 5.89. The molecule has 0 aromatic heterocycles. The van der Waals surface area contributed by atoms with Gasteiger partial charge in [0.2, 0.25) is 0 Å². The van der Waals surface area contributed by atoms with Crippen LogP contribution in [0.25, 0.3) is 21.5 Å². The van der Waals surface area contributed by atoms with Crippen molar-refractivity contribution in [1.82, 2.24) is 10.2 Å². The maximum absolute atomic E-state index is 13.9. The number of hydrogen-bond donors (Lipinski definition) is 1. The van der Waals surface area contributed by atoms with E-state index >= 15 is 0 Å². The predicted molar refractivity (Wildman–Crippen MR) is 159 cm³/mol. The number of hydrogen-bond acceptors (Lipinski definition) is 2. The zero-order chi connectivity index (χ0) is 26.3. The molecule has 0 aliphatic carbocycles. The molecule has 1 unspecified atom stereocenters. The summed E-state index contributed by atoms with van der Waals surface area (Å²) in [5, 5.41) is 8.43. The van der Waals surface area contributed by atoms with Crippen LogP contribution in [-0.2, 0) is 25.8 Å². The van der Waals surface area contributed by atoms with Gasteiger partial charge in [0.15, 0.2) is 0 Å². The van der Waals surface area contributed by atoms with Gasteiger partial charge in [-0.15, -0.1) is 0 Å². The molecule has 0 spiro atoms. The molecule has 5 rings (SSSR count). The smallest absolute Gasteiger partial charge is 0.123 e. The summed E-state index contributed by atoms with van der Waals surface area (Å²) in [6.45, 7) is 5.09. The molecule has 5 aromatic carbocycles. The molecule has 0 radical (unpaired) electrons. The van der Waals surface area contributed by atoms with Crippen molar-refractivity contribution in [3.05, 3.63) is 131 Å². The molecular formula is C35H37FN2. The van der Waals surface area contributed by atoms with Crippen LogP contribution in [0, 0.1) is 5.82 Å². The molecule has 0 amide bonds. The minimum atomic E-state index is -0.172. The number of fused-ring (bicyclic) bond motifs is 2. The standard InChI is InChI=1S/C35H37FN2/c1-26(38(2)22-20-30-12-6-11-28-17-18-32(36)24-35(28)30)23-31-14-8-15-33-29(13-7-16-34(31)33)19-21-37-25-27-9-4-3-5-10-27/h3-18,24,26,37H,19-23,25H2,1-2H3. The van der Waals surface area contributed by atoms with E-state index in [1.807, 2.05) is 6.07 Å². The first-order valence-corrected chi connectivity index (χ1v) is 13.7. The fraction of sp³-hybridized carbons (Fsp3) is 0.257. The number of nitrogens with one attached hydrogen (secondary N) is 1. The molecule has 0 aliphatic heterocycles. The van der Waals surface area contributed by atoms with E-state index in [4.69, 9.17) is 0 Å². The Labute approximate surface area is 226 Å². The molecule has 1 N–H and O–H groups in total. The minimum Gasteiger partial charge on any atom is -0.312 e. The normalized spacial score (nSPS) is 12.4. The highest BCUT2D eigenvalue weighted by Crippen LogP contribution is 2.25. The summed E-state index contributed by atoms with van der Waals surface area (Å²) < 4.78 is 13.9. The third-order valence-corrected chi connectivity index (χ3v) is 7.78. The third kappa shape index (κ3) is 6.30. The van der Waals surface area contributed by atoms with Gasteiger partial charge in [0.1, 0.15) is 5.82 Å². The quantitative estimate of drug-likeness (QED) is 0.187. The van der Waals surface area contributed by atoms with Crippen molar-refractivity contribution in [2.24, 2.45) is 0 Å². The maximum atomic E-state index is 13.9. The Kier molecular flexibility index (Phi) is 8.47. The summed E-state index contributed by atoms with van der Waals surface area (Å²) in [6.07, 6.45) is 2.90. The lowest BCUT2D eigenvalue weighted by Gasteiger charge is -2.26. The highest BCUT2D eigenvalue weighted by Gasteiger charge is 2.14. The van der Waals surface area contributed by atoms with Gasteiger partial charge < -0.3 is 10.2 Å². The van der Waals surface area contributed by atoms with E-state index in [9.17, 15) is 4.39 Å². The lowest BCUT2D eigenvalue weighted by molar-refractivity contribution is 0.260. The van der Waals surface area contributed by atoms with E-state index in [1.165, 1.54) is 39.1 Å². The van der Waals surface area contributed by atoms with Crippen LogP contribution >= 0.6 is 0 Å². The maximum Gasteiger partial charge on any atom is 0.123 e. The number of rotatable bonds is 11. The van der Waals surface area contributed by atoms with E-state index in [0.29, 0.717) is 6.04 Å². The van der Waals surface area contributed by atoms with Gasteiger partial charge in [0, 0.05) is 19.1 Å².